The predicted octanol–water partition coefficient (Wildman–Crippen LogP) is 5.85. The van der Waals surface area contributed by atoms with Gasteiger partial charge >= 0.3 is 0 Å². The van der Waals surface area contributed by atoms with Crippen molar-refractivity contribution in [3.05, 3.63) is 99.7 Å². The van der Waals surface area contributed by atoms with Crippen LogP contribution >= 0.6 is 23.4 Å². The molecule has 1 saturated heterocycles. The highest BCUT2D eigenvalue weighted by Gasteiger charge is 2.29. The Morgan fingerprint density at radius 3 is 2.49 bits per heavy atom. The van der Waals surface area contributed by atoms with Crippen LogP contribution in [-0.2, 0) is 11.4 Å². The minimum absolute atomic E-state index is 0.215. The molecule has 178 valence electrons. The zero-order valence-corrected chi connectivity index (χ0v) is 20.4. The highest BCUT2D eigenvalue weighted by molar-refractivity contribution is 8.18. The summed E-state index contributed by atoms with van der Waals surface area (Å²) in [5.41, 5.74) is 2.51. The number of piperazine rings is 1. The van der Waals surface area contributed by atoms with Crippen LogP contribution in [0.15, 0.2) is 82.7 Å². The van der Waals surface area contributed by atoms with Crippen LogP contribution in [0.4, 0.5) is 10.1 Å². The molecule has 0 aliphatic carbocycles. The largest absolute Gasteiger partial charge is 0.489 e. The molecule has 0 spiro atoms. The van der Waals surface area contributed by atoms with E-state index in [0.717, 1.165) is 16.9 Å². The lowest BCUT2D eigenvalue weighted by Crippen LogP contribution is -2.48. The van der Waals surface area contributed by atoms with Crippen molar-refractivity contribution >= 4 is 46.2 Å². The minimum atomic E-state index is -0.242. The number of hydrogen-bond donors (Lipinski definition) is 0. The number of hydrogen-bond acceptors (Lipinski definition) is 5. The molecule has 0 unspecified atom stereocenters. The zero-order chi connectivity index (χ0) is 24.2. The topological polar surface area (TPSA) is 45.1 Å². The van der Waals surface area contributed by atoms with Crippen LogP contribution in [0.25, 0.3) is 6.08 Å². The van der Waals surface area contributed by atoms with Gasteiger partial charge in [-0.05, 0) is 65.4 Å². The van der Waals surface area contributed by atoms with E-state index in [1.807, 2.05) is 65.6 Å². The fraction of sp³-hybridized carbons (Fsp3) is 0.185. The molecule has 2 aliphatic rings. The van der Waals surface area contributed by atoms with Crippen LogP contribution in [0.1, 0.15) is 11.1 Å². The maximum atomic E-state index is 14.1. The second kappa shape index (κ2) is 10.5. The molecule has 5 rings (SSSR count). The van der Waals surface area contributed by atoms with Crippen molar-refractivity contribution in [2.75, 3.05) is 31.1 Å². The van der Waals surface area contributed by atoms with E-state index in [-0.39, 0.29) is 11.7 Å². The molecule has 0 aromatic heterocycles. The Balaban J connectivity index is 1.19. The van der Waals surface area contributed by atoms with E-state index in [1.54, 1.807) is 12.1 Å². The third kappa shape index (κ3) is 5.69. The van der Waals surface area contributed by atoms with Crippen molar-refractivity contribution in [3.8, 4) is 5.75 Å². The van der Waals surface area contributed by atoms with Gasteiger partial charge in [-0.3, -0.25) is 4.79 Å². The first-order valence-electron chi connectivity index (χ1n) is 11.3. The number of halogens is 2. The van der Waals surface area contributed by atoms with E-state index in [2.05, 4.69) is 9.89 Å². The lowest BCUT2D eigenvalue weighted by molar-refractivity contribution is -0.113. The van der Waals surface area contributed by atoms with Crippen LogP contribution in [0.2, 0.25) is 5.02 Å². The Hall–Kier alpha value is -3.29. The summed E-state index contributed by atoms with van der Waals surface area (Å²) in [5.74, 6) is 0.262. The number of amidine groups is 1. The average molecular weight is 508 g/mol. The molecule has 35 heavy (non-hydrogen) atoms. The van der Waals surface area contributed by atoms with Gasteiger partial charge in [-0.1, -0.05) is 48.0 Å². The van der Waals surface area contributed by atoms with Gasteiger partial charge in [0.1, 0.15) is 18.2 Å². The molecule has 0 radical (unpaired) electrons. The third-order valence-corrected chi connectivity index (χ3v) is 7.12. The lowest BCUT2D eigenvalue weighted by Gasteiger charge is -2.36. The number of amides is 1. The number of nitrogens with zero attached hydrogens (tertiary/aromatic N) is 3. The van der Waals surface area contributed by atoms with E-state index in [4.69, 9.17) is 16.3 Å². The minimum Gasteiger partial charge on any atom is -0.489 e. The van der Waals surface area contributed by atoms with Gasteiger partial charge in [0.15, 0.2) is 5.17 Å². The molecule has 0 saturated carbocycles. The number of para-hydroxylation sites is 1. The van der Waals surface area contributed by atoms with Gasteiger partial charge in [-0.2, -0.15) is 4.99 Å². The summed E-state index contributed by atoms with van der Waals surface area (Å²) in [5, 5.41) is 1.39. The molecular weight excluding hydrogens is 485 g/mol. The molecule has 0 bridgehead atoms. The summed E-state index contributed by atoms with van der Waals surface area (Å²) in [4.78, 5) is 21.5. The summed E-state index contributed by atoms with van der Waals surface area (Å²) in [6.07, 6.45) is 1.84. The van der Waals surface area contributed by atoms with Crippen LogP contribution in [0, 0.1) is 5.82 Å². The Labute approximate surface area is 212 Å². The number of rotatable bonds is 5. The highest BCUT2D eigenvalue weighted by Crippen LogP contribution is 2.32. The van der Waals surface area contributed by atoms with Gasteiger partial charge in [-0.15, -0.1) is 0 Å². The predicted molar refractivity (Wildman–Crippen MR) is 140 cm³/mol. The molecule has 1 amide bonds. The van der Waals surface area contributed by atoms with Crippen molar-refractivity contribution in [1.82, 2.24) is 4.90 Å². The van der Waals surface area contributed by atoms with Crippen LogP contribution < -0.4 is 9.64 Å². The first-order chi connectivity index (χ1) is 17.0. The number of thioether (sulfide) groups is 1. The maximum Gasteiger partial charge on any atom is 0.286 e. The van der Waals surface area contributed by atoms with Crippen molar-refractivity contribution in [3.63, 3.8) is 0 Å². The second-order valence-electron chi connectivity index (χ2n) is 8.22. The van der Waals surface area contributed by atoms with Gasteiger partial charge in [0, 0.05) is 31.2 Å². The molecule has 0 N–H and O–H groups in total. The molecule has 1 fully saturated rings. The van der Waals surface area contributed by atoms with Crippen LogP contribution in [0.5, 0.6) is 5.75 Å². The van der Waals surface area contributed by atoms with Crippen molar-refractivity contribution in [1.29, 1.82) is 0 Å². The second-order valence-corrected chi connectivity index (χ2v) is 9.67. The standard InChI is InChI=1S/C27H23ClFN3O2S/c28-21-10-8-19(9-11-21)18-34-22-5-3-4-20(16-22)17-25-26(33)30-27(35-25)32-14-12-31(13-15-32)24-7-2-1-6-23(24)29/h1-11,16-17H,12-15,18H2/b25-17-. The van der Waals surface area contributed by atoms with E-state index in [1.165, 1.54) is 17.8 Å². The van der Waals surface area contributed by atoms with Gasteiger partial charge in [0.2, 0.25) is 0 Å². The van der Waals surface area contributed by atoms with Crippen LogP contribution in [0.3, 0.4) is 0 Å². The molecular formula is C27H23ClFN3O2S. The van der Waals surface area contributed by atoms with Gasteiger partial charge < -0.3 is 14.5 Å². The lowest BCUT2D eigenvalue weighted by atomic mass is 10.2. The molecule has 3 aromatic carbocycles. The summed E-state index contributed by atoms with van der Waals surface area (Å²) >= 11 is 7.31. The van der Waals surface area contributed by atoms with Crippen molar-refractivity contribution in [2.24, 2.45) is 4.99 Å². The van der Waals surface area contributed by atoms with Crippen molar-refractivity contribution in [2.45, 2.75) is 6.61 Å². The number of carbonyl (C=O) groups excluding carboxylic acids is 1. The molecule has 5 nitrogen and oxygen atoms in total. The molecule has 2 heterocycles. The molecule has 2 aliphatic heterocycles. The van der Waals surface area contributed by atoms with E-state index in [9.17, 15) is 9.18 Å². The van der Waals surface area contributed by atoms with Gasteiger partial charge in [-0.25, -0.2) is 4.39 Å². The summed E-state index contributed by atoms with van der Waals surface area (Å²) in [6.45, 7) is 3.11. The fourth-order valence-electron chi connectivity index (χ4n) is 3.97. The number of aliphatic imine (C=N–C) groups is 1. The summed E-state index contributed by atoms with van der Waals surface area (Å²) in [6, 6.07) is 22.0. The maximum absolute atomic E-state index is 14.1. The molecule has 8 heteroatoms. The SMILES string of the molecule is O=C1N=C(N2CCN(c3ccccc3F)CC2)S/C1=C\c1cccc(OCc2ccc(Cl)cc2)c1. The fourth-order valence-corrected chi connectivity index (χ4v) is 5.06. The first-order valence-corrected chi connectivity index (χ1v) is 12.5. The summed E-state index contributed by atoms with van der Waals surface area (Å²) < 4.78 is 20.0. The monoisotopic (exact) mass is 507 g/mol. The Bertz CT molecular complexity index is 1290. The third-order valence-electron chi connectivity index (χ3n) is 5.83. The van der Waals surface area contributed by atoms with E-state index < -0.39 is 0 Å². The number of benzene rings is 3. The number of anilines is 1. The average Bonchev–Trinajstić information content (AvgIpc) is 3.24. The smallest absolute Gasteiger partial charge is 0.286 e. The molecule has 0 atom stereocenters. The normalized spacial score (nSPS) is 17.1. The summed E-state index contributed by atoms with van der Waals surface area (Å²) in [7, 11) is 0. The van der Waals surface area contributed by atoms with Crippen LogP contribution in [-0.4, -0.2) is 42.2 Å². The quantitative estimate of drug-likeness (QED) is 0.405. The Kier molecular flexibility index (Phi) is 7.06. The number of carbonyl (C=O) groups is 1. The van der Waals surface area contributed by atoms with E-state index in [0.29, 0.717) is 53.6 Å². The number of ether oxygens (including phenoxy) is 1. The Morgan fingerprint density at radius 2 is 1.71 bits per heavy atom. The van der Waals surface area contributed by atoms with Crippen molar-refractivity contribution < 1.29 is 13.9 Å². The van der Waals surface area contributed by atoms with Gasteiger partial charge in [0.05, 0.1) is 10.6 Å². The Morgan fingerprint density at radius 1 is 0.971 bits per heavy atom. The zero-order valence-electron chi connectivity index (χ0n) is 18.9. The van der Waals surface area contributed by atoms with E-state index >= 15 is 0 Å². The first kappa shape index (κ1) is 23.5. The highest BCUT2D eigenvalue weighted by atomic mass is 35.5. The van der Waals surface area contributed by atoms with Gasteiger partial charge in [0.25, 0.3) is 5.91 Å². The molecule has 3 aromatic rings.